The Morgan fingerprint density at radius 3 is 2.73 bits per heavy atom. The molecule has 4 aromatic rings. The van der Waals surface area contributed by atoms with Gasteiger partial charge in [0, 0.05) is 59.7 Å². The minimum absolute atomic E-state index is 0.595. The van der Waals surface area contributed by atoms with E-state index in [1.165, 1.54) is 0 Å². The van der Waals surface area contributed by atoms with Gasteiger partial charge in [-0.2, -0.15) is 0 Å². The summed E-state index contributed by atoms with van der Waals surface area (Å²) < 4.78 is 5.58. The van der Waals surface area contributed by atoms with Gasteiger partial charge in [0.05, 0.1) is 7.11 Å². The molecule has 2 aromatic heterocycles. The van der Waals surface area contributed by atoms with E-state index in [4.69, 9.17) is 10.1 Å². The van der Waals surface area contributed by atoms with E-state index in [1.54, 1.807) is 7.11 Å². The molecule has 33 heavy (non-hydrogen) atoms. The van der Waals surface area contributed by atoms with Gasteiger partial charge < -0.3 is 19.5 Å². The van der Waals surface area contributed by atoms with E-state index in [0.29, 0.717) is 5.84 Å². The Hall–Kier alpha value is -3.64. The first-order valence-corrected chi connectivity index (χ1v) is 11.4. The average Bonchev–Trinajstić information content (AvgIpc) is 3.16. The van der Waals surface area contributed by atoms with Crippen molar-refractivity contribution in [3.63, 3.8) is 0 Å². The molecule has 1 aliphatic rings. The molecule has 6 nitrogen and oxygen atoms in total. The van der Waals surface area contributed by atoms with Crippen LogP contribution in [0.3, 0.4) is 0 Å². The first kappa shape index (κ1) is 21.2. The SMILES string of the molecule is COc1ccccc1-c1c[nH]c2ncc(-c3cccc(C(=N)N4CCCN(C)CC4)c3)cc12. The lowest BCUT2D eigenvalue weighted by Gasteiger charge is -2.23. The summed E-state index contributed by atoms with van der Waals surface area (Å²) in [5.74, 6) is 1.43. The third-order valence-electron chi connectivity index (χ3n) is 6.43. The van der Waals surface area contributed by atoms with E-state index in [-0.39, 0.29) is 0 Å². The first-order valence-electron chi connectivity index (χ1n) is 11.4. The Kier molecular flexibility index (Phi) is 5.84. The van der Waals surface area contributed by atoms with Gasteiger partial charge in [0.15, 0.2) is 0 Å². The van der Waals surface area contributed by atoms with Gasteiger partial charge in [-0.25, -0.2) is 4.98 Å². The van der Waals surface area contributed by atoms with E-state index in [2.05, 4.69) is 51.1 Å². The quantitative estimate of drug-likeness (QED) is 0.352. The second-order valence-electron chi connectivity index (χ2n) is 8.60. The molecular weight excluding hydrogens is 410 g/mol. The molecule has 0 atom stereocenters. The number of likely N-dealkylation sites (N-methyl/N-ethyl adjacent to an activating group) is 1. The third-order valence-corrected chi connectivity index (χ3v) is 6.43. The number of amidine groups is 1. The lowest BCUT2D eigenvalue weighted by Crippen LogP contribution is -2.34. The van der Waals surface area contributed by atoms with Crippen LogP contribution in [0.5, 0.6) is 5.75 Å². The van der Waals surface area contributed by atoms with E-state index < -0.39 is 0 Å². The minimum Gasteiger partial charge on any atom is -0.496 e. The molecule has 0 aliphatic carbocycles. The highest BCUT2D eigenvalue weighted by Crippen LogP contribution is 2.36. The number of rotatable bonds is 4. The lowest BCUT2D eigenvalue weighted by atomic mass is 10.00. The number of fused-ring (bicyclic) bond motifs is 1. The molecule has 0 radical (unpaired) electrons. The van der Waals surface area contributed by atoms with Gasteiger partial charge in [0.2, 0.25) is 0 Å². The zero-order chi connectivity index (χ0) is 22.8. The average molecular weight is 440 g/mol. The monoisotopic (exact) mass is 439 g/mol. The maximum Gasteiger partial charge on any atom is 0.137 e. The van der Waals surface area contributed by atoms with E-state index in [9.17, 15) is 0 Å². The highest BCUT2D eigenvalue weighted by molar-refractivity contribution is 5.99. The third kappa shape index (κ3) is 4.22. The number of methoxy groups -OCH3 is 1. The number of aromatic nitrogens is 2. The van der Waals surface area contributed by atoms with Crippen LogP contribution in [0.15, 0.2) is 67.0 Å². The van der Waals surface area contributed by atoms with Crippen LogP contribution in [0.1, 0.15) is 12.0 Å². The van der Waals surface area contributed by atoms with E-state index >= 15 is 0 Å². The molecule has 1 aliphatic heterocycles. The van der Waals surface area contributed by atoms with Gasteiger partial charge in [0.1, 0.15) is 17.2 Å². The predicted octanol–water partition coefficient (Wildman–Crippen LogP) is 4.87. The molecule has 1 saturated heterocycles. The fourth-order valence-corrected chi connectivity index (χ4v) is 4.55. The molecule has 2 aromatic carbocycles. The van der Waals surface area contributed by atoms with Gasteiger partial charge >= 0.3 is 0 Å². The summed E-state index contributed by atoms with van der Waals surface area (Å²) in [6, 6.07) is 18.5. The highest BCUT2D eigenvalue weighted by atomic mass is 16.5. The summed E-state index contributed by atoms with van der Waals surface area (Å²) in [5.41, 5.74) is 5.98. The lowest BCUT2D eigenvalue weighted by molar-refractivity contribution is 0.346. The second kappa shape index (κ2) is 9.08. The van der Waals surface area contributed by atoms with Crippen molar-refractivity contribution in [1.82, 2.24) is 19.8 Å². The summed E-state index contributed by atoms with van der Waals surface area (Å²) in [6.45, 7) is 3.88. The Morgan fingerprint density at radius 1 is 0.970 bits per heavy atom. The molecule has 0 bridgehead atoms. The normalized spacial score (nSPS) is 14.9. The number of hydrogen-bond acceptors (Lipinski definition) is 4. The smallest absolute Gasteiger partial charge is 0.137 e. The molecule has 0 unspecified atom stereocenters. The van der Waals surface area contributed by atoms with E-state index in [1.807, 2.05) is 42.7 Å². The summed E-state index contributed by atoms with van der Waals surface area (Å²) in [5, 5.41) is 9.87. The van der Waals surface area contributed by atoms with Crippen LogP contribution in [-0.4, -0.2) is 65.9 Å². The van der Waals surface area contributed by atoms with Crippen molar-refractivity contribution in [2.75, 3.05) is 40.3 Å². The van der Waals surface area contributed by atoms with Crippen molar-refractivity contribution in [2.45, 2.75) is 6.42 Å². The van der Waals surface area contributed by atoms with Crippen molar-refractivity contribution in [3.05, 3.63) is 72.6 Å². The van der Waals surface area contributed by atoms with Crippen LogP contribution in [-0.2, 0) is 0 Å². The fourth-order valence-electron chi connectivity index (χ4n) is 4.55. The van der Waals surface area contributed by atoms with Crippen molar-refractivity contribution in [3.8, 4) is 28.0 Å². The maximum atomic E-state index is 8.82. The van der Waals surface area contributed by atoms with Gasteiger partial charge in [-0.3, -0.25) is 5.41 Å². The summed E-state index contributed by atoms with van der Waals surface area (Å²) >= 11 is 0. The summed E-state index contributed by atoms with van der Waals surface area (Å²) in [4.78, 5) is 12.5. The predicted molar refractivity (Wildman–Crippen MR) is 134 cm³/mol. The molecule has 0 spiro atoms. The van der Waals surface area contributed by atoms with Crippen LogP contribution in [0.2, 0.25) is 0 Å². The Balaban J connectivity index is 1.49. The number of nitrogens with zero attached hydrogens (tertiary/aromatic N) is 3. The molecule has 168 valence electrons. The number of benzene rings is 2. The van der Waals surface area contributed by atoms with Crippen LogP contribution in [0.25, 0.3) is 33.3 Å². The van der Waals surface area contributed by atoms with Crippen molar-refractivity contribution < 1.29 is 4.74 Å². The standard InChI is InChI=1S/C27H29N5O/c1-31-11-6-12-32(14-13-31)26(28)20-8-5-7-19(15-20)21-16-23-24(18-30-27(23)29-17-21)22-9-3-4-10-25(22)33-2/h3-5,7-10,15-18,28H,6,11-14H2,1-2H3,(H,29,30). The zero-order valence-electron chi connectivity index (χ0n) is 19.1. The molecule has 0 saturated carbocycles. The van der Waals surface area contributed by atoms with Crippen LogP contribution in [0.4, 0.5) is 0 Å². The number of H-pyrrole nitrogens is 1. The summed E-state index contributed by atoms with van der Waals surface area (Å²) in [7, 11) is 3.84. The van der Waals surface area contributed by atoms with E-state index in [0.717, 1.165) is 77.2 Å². The van der Waals surface area contributed by atoms with Crippen LogP contribution in [0, 0.1) is 5.41 Å². The Labute approximate surface area is 194 Å². The highest BCUT2D eigenvalue weighted by Gasteiger charge is 2.17. The van der Waals surface area contributed by atoms with Crippen LogP contribution < -0.4 is 4.74 Å². The van der Waals surface area contributed by atoms with Gasteiger partial charge in [0.25, 0.3) is 0 Å². The molecule has 0 amide bonds. The number of para-hydroxylation sites is 1. The Bertz CT molecular complexity index is 1290. The number of nitrogens with one attached hydrogen (secondary N) is 2. The number of aromatic amines is 1. The Morgan fingerprint density at radius 2 is 1.85 bits per heavy atom. The number of ether oxygens (including phenoxy) is 1. The van der Waals surface area contributed by atoms with Crippen LogP contribution >= 0.6 is 0 Å². The minimum atomic E-state index is 0.595. The number of pyridine rings is 1. The molecular formula is C27H29N5O. The fraction of sp³-hybridized carbons (Fsp3) is 0.259. The molecule has 5 rings (SSSR count). The first-order chi connectivity index (χ1) is 16.1. The molecule has 1 fully saturated rings. The largest absolute Gasteiger partial charge is 0.496 e. The molecule has 3 heterocycles. The number of hydrogen-bond donors (Lipinski definition) is 2. The molecule has 6 heteroatoms. The topological polar surface area (TPSA) is 68.2 Å². The maximum absolute atomic E-state index is 8.82. The van der Waals surface area contributed by atoms with Gasteiger partial charge in [-0.15, -0.1) is 0 Å². The zero-order valence-corrected chi connectivity index (χ0v) is 19.1. The summed E-state index contributed by atoms with van der Waals surface area (Å²) in [6.07, 6.45) is 4.97. The van der Waals surface area contributed by atoms with Crippen molar-refractivity contribution in [1.29, 1.82) is 5.41 Å². The van der Waals surface area contributed by atoms with Gasteiger partial charge in [-0.1, -0.05) is 36.4 Å². The van der Waals surface area contributed by atoms with Gasteiger partial charge in [-0.05, 0) is 43.8 Å². The second-order valence-corrected chi connectivity index (χ2v) is 8.60. The molecule has 2 N–H and O–H groups in total. The van der Waals surface area contributed by atoms with Crippen molar-refractivity contribution in [2.24, 2.45) is 0 Å². The van der Waals surface area contributed by atoms with Crippen molar-refractivity contribution >= 4 is 16.9 Å².